The maximum atomic E-state index is 11.8. The number of anilines is 1. The standard InChI is InChI=1S/C13H16BrN3O4/c1-3-15-11(18)7(2)16-13(21)17-10-5-4-8(12(19)20)6-9(10)14/h4-7H,3H2,1-2H3,(H,15,18)(H,19,20)(H2,16,17,21). The first kappa shape index (κ1) is 17.0. The van der Waals surface area contributed by atoms with Crippen molar-refractivity contribution in [3.8, 4) is 0 Å². The van der Waals surface area contributed by atoms with Gasteiger partial charge >= 0.3 is 12.0 Å². The summed E-state index contributed by atoms with van der Waals surface area (Å²) in [5.74, 6) is -1.34. The van der Waals surface area contributed by atoms with Crippen molar-refractivity contribution in [1.29, 1.82) is 0 Å². The van der Waals surface area contributed by atoms with E-state index in [0.29, 0.717) is 16.7 Å². The van der Waals surface area contributed by atoms with Gasteiger partial charge in [-0.15, -0.1) is 0 Å². The number of amides is 3. The van der Waals surface area contributed by atoms with Crippen molar-refractivity contribution in [2.45, 2.75) is 19.9 Å². The zero-order valence-corrected chi connectivity index (χ0v) is 13.2. The first-order valence-electron chi connectivity index (χ1n) is 6.23. The van der Waals surface area contributed by atoms with Crippen LogP contribution in [0.3, 0.4) is 0 Å². The van der Waals surface area contributed by atoms with Gasteiger partial charge < -0.3 is 21.1 Å². The summed E-state index contributed by atoms with van der Waals surface area (Å²) in [6, 6.07) is 2.98. The van der Waals surface area contributed by atoms with E-state index < -0.39 is 18.0 Å². The molecule has 0 radical (unpaired) electrons. The molecule has 4 N–H and O–H groups in total. The molecule has 114 valence electrons. The molecule has 0 aromatic heterocycles. The number of rotatable bonds is 5. The van der Waals surface area contributed by atoms with E-state index in [1.165, 1.54) is 18.2 Å². The molecule has 0 fully saturated rings. The maximum Gasteiger partial charge on any atom is 0.335 e. The van der Waals surface area contributed by atoms with Gasteiger partial charge in [0.1, 0.15) is 6.04 Å². The van der Waals surface area contributed by atoms with Crippen LogP contribution < -0.4 is 16.0 Å². The van der Waals surface area contributed by atoms with E-state index in [1.807, 2.05) is 0 Å². The van der Waals surface area contributed by atoms with E-state index in [-0.39, 0.29) is 11.5 Å². The van der Waals surface area contributed by atoms with Crippen molar-refractivity contribution >= 4 is 39.5 Å². The molecule has 0 aliphatic rings. The molecule has 21 heavy (non-hydrogen) atoms. The summed E-state index contributed by atoms with van der Waals surface area (Å²) in [6.45, 7) is 3.83. The normalized spacial score (nSPS) is 11.4. The number of benzene rings is 1. The van der Waals surface area contributed by atoms with Gasteiger partial charge in [0.05, 0.1) is 11.3 Å². The number of hydrogen-bond donors (Lipinski definition) is 4. The Morgan fingerprint density at radius 1 is 1.33 bits per heavy atom. The second kappa shape index (κ2) is 7.63. The summed E-state index contributed by atoms with van der Waals surface area (Å²) in [6.07, 6.45) is 0. The lowest BCUT2D eigenvalue weighted by Gasteiger charge is -2.14. The SMILES string of the molecule is CCNC(=O)C(C)NC(=O)Nc1ccc(C(=O)O)cc1Br. The summed E-state index contributed by atoms with van der Waals surface area (Å²) in [5, 5.41) is 16.5. The third-order valence-electron chi connectivity index (χ3n) is 2.56. The number of carbonyl (C=O) groups is 3. The number of halogens is 1. The first-order chi connectivity index (χ1) is 9.85. The molecule has 1 aromatic rings. The number of urea groups is 1. The molecule has 1 aromatic carbocycles. The molecule has 0 aliphatic carbocycles. The Morgan fingerprint density at radius 2 is 2.00 bits per heavy atom. The van der Waals surface area contributed by atoms with Crippen molar-refractivity contribution in [2.24, 2.45) is 0 Å². The predicted octanol–water partition coefficient (Wildman–Crippen LogP) is 1.79. The van der Waals surface area contributed by atoms with Gasteiger partial charge in [-0.25, -0.2) is 9.59 Å². The van der Waals surface area contributed by atoms with Crippen molar-refractivity contribution in [3.63, 3.8) is 0 Å². The Morgan fingerprint density at radius 3 is 2.52 bits per heavy atom. The molecule has 7 nitrogen and oxygen atoms in total. The molecule has 0 bridgehead atoms. The van der Waals surface area contributed by atoms with Crippen molar-refractivity contribution < 1.29 is 19.5 Å². The topological polar surface area (TPSA) is 108 Å². The lowest BCUT2D eigenvalue weighted by molar-refractivity contribution is -0.122. The average Bonchev–Trinajstić information content (AvgIpc) is 2.40. The predicted molar refractivity (Wildman–Crippen MR) is 81.4 cm³/mol. The van der Waals surface area contributed by atoms with E-state index in [0.717, 1.165) is 0 Å². The zero-order chi connectivity index (χ0) is 16.0. The van der Waals surface area contributed by atoms with Crippen LogP contribution in [0.25, 0.3) is 0 Å². The van der Waals surface area contributed by atoms with E-state index in [2.05, 4.69) is 31.9 Å². The monoisotopic (exact) mass is 357 g/mol. The number of carbonyl (C=O) groups excluding carboxylic acids is 2. The van der Waals surface area contributed by atoms with Crippen molar-refractivity contribution in [3.05, 3.63) is 28.2 Å². The van der Waals surface area contributed by atoms with Crippen LogP contribution in [-0.4, -0.2) is 35.6 Å². The van der Waals surface area contributed by atoms with Gasteiger partial charge in [0.15, 0.2) is 0 Å². The second-order valence-corrected chi connectivity index (χ2v) is 5.07. The summed E-state index contributed by atoms with van der Waals surface area (Å²) in [5.41, 5.74) is 0.504. The number of likely N-dealkylation sites (N-methyl/N-ethyl adjacent to an activating group) is 1. The molecular weight excluding hydrogens is 342 g/mol. The highest BCUT2D eigenvalue weighted by molar-refractivity contribution is 9.10. The number of hydrogen-bond acceptors (Lipinski definition) is 3. The van der Waals surface area contributed by atoms with E-state index in [1.54, 1.807) is 13.8 Å². The number of nitrogens with one attached hydrogen (secondary N) is 3. The Labute approximate surface area is 130 Å². The quantitative estimate of drug-likeness (QED) is 0.644. The molecule has 3 amide bonds. The zero-order valence-electron chi connectivity index (χ0n) is 11.6. The Hall–Kier alpha value is -2.09. The van der Waals surface area contributed by atoms with Crippen molar-refractivity contribution in [2.75, 3.05) is 11.9 Å². The Bertz CT molecular complexity index is 562. The van der Waals surface area contributed by atoms with E-state index in [4.69, 9.17) is 5.11 Å². The number of carboxylic acids is 1. The van der Waals surface area contributed by atoms with Gasteiger partial charge in [0.25, 0.3) is 0 Å². The molecular formula is C13H16BrN3O4. The Kier molecular flexibility index (Phi) is 6.16. The van der Waals surface area contributed by atoms with Crippen LogP contribution in [0.2, 0.25) is 0 Å². The smallest absolute Gasteiger partial charge is 0.335 e. The van der Waals surface area contributed by atoms with Gasteiger partial charge in [-0.1, -0.05) is 0 Å². The van der Waals surface area contributed by atoms with Gasteiger partial charge in [0, 0.05) is 11.0 Å². The molecule has 0 saturated carbocycles. The second-order valence-electron chi connectivity index (χ2n) is 4.21. The average molecular weight is 358 g/mol. The Balaban J connectivity index is 2.67. The van der Waals surface area contributed by atoms with Gasteiger partial charge in [-0.05, 0) is 48.0 Å². The molecule has 1 rings (SSSR count). The molecule has 0 saturated heterocycles. The fourth-order valence-corrected chi connectivity index (χ4v) is 1.98. The van der Waals surface area contributed by atoms with Gasteiger partial charge in [-0.3, -0.25) is 4.79 Å². The summed E-state index contributed by atoms with van der Waals surface area (Å²) in [4.78, 5) is 34.1. The minimum atomic E-state index is -1.06. The summed E-state index contributed by atoms with van der Waals surface area (Å²) in [7, 11) is 0. The highest BCUT2D eigenvalue weighted by Crippen LogP contribution is 2.23. The van der Waals surface area contributed by atoms with Gasteiger partial charge in [-0.2, -0.15) is 0 Å². The van der Waals surface area contributed by atoms with Crippen molar-refractivity contribution in [1.82, 2.24) is 10.6 Å². The van der Waals surface area contributed by atoms with Crippen LogP contribution in [0.4, 0.5) is 10.5 Å². The third kappa shape index (κ3) is 5.07. The third-order valence-corrected chi connectivity index (χ3v) is 3.21. The molecule has 0 aliphatic heterocycles. The first-order valence-corrected chi connectivity index (χ1v) is 7.02. The highest BCUT2D eigenvalue weighted by atomic mass is 79.9. The molecule has 1 atom stereocenters. The number of carboxylic acid groups (broad SMARTS) is 1. The van der Waals surface area contributed by atoms with E-state index >= 15 is 0 Å². The van der Waals surface area contributed by atoms with Crippen LogP contribution >= 0.6 is 15.9 Å². The molecule has 0 heterocycles. The largest absolute Gasteiger partial charge is 0.478 e. The van der Waals surface area contributed by atoms with Crippen LogP contribution in [0.15, 0.2) is 22.7 Å². The van der Waals surface area contributed by atoms with E-state index in [9.17, 15) is 14.4 Å². The summed E-state index contributed by atoms with van der Waals surface area (Å²) >= 11 is 3.18. The van der Waals surface area contributed by atoms with Crippen LogP contribution in [-0.2, 0) is 4.79 Å². The summed E-state index contributed by atoms with van der Waals surface area (Å²) < 4.78 is 0.434. The van der Waals surface area contributed by atoms with Crippen LogP contribution in [0.5, 0.6) is 0 Å². The fourth-order valence-electron chi connectivity index (χ4n) is 1.50. The highest BCUT2D eigenvalue weighted by Gasteiger charge is 2.15. The molecule has 0 spiro atoms. The van der Waals surface area contributed by atoms with Crippen LogP contribution in [0, 0.1) is 0 Å². The maximum absolute atomic E-state index is 11.8. The fraction of sp³-hybridized carbons (Fsp3) is 0.308. The minimum absolute atomic E-state index is 0.100. The van der Waals surface area contributed by atoms with Gasteiger partial charge in [0.2, 0.25) is 5.91 Å². The van der Waals surface area contributed by atoms with Crippen LogP contribution in [0.1, 0.15) is 24.2 Å². The molecule has 8 heteroatoms. The lowest BCUT2D eigenvalue weighted by Crippen LogP contribution is -2.46. The minimum Gasteiger partial charge on any atom is -0.478 e. The number of aromatic carboxylic acids is 1. The lowest BCUT2D eigenvalue weighted by atomic mass is 10.2. The molecule has 1 unspecified atom stereocenters.